The molecule has 0 atom stereocenters. The van der Waals surface area contributed by atoms with Crippen LogP contribution in [0.2, 0.25) is 13.3 Å². The van der Waals surface area contributed by atoms with E-state index in [9.17, 15) is 4.39 Å². The van der Waals surface area contributed by atoms with Crippen molar-refractivity contribution in [3.8, 4) is 0 Å². The van der Waals surface area contributed by atoms with E-state index in [1.54, 1.807) is 0 Å². The molecule has 0 radical (unpaired) electrons. The molecule has 0 aliphatic heterocycles. The molecule has 0 saturated heterocycles. The standard InChI is InChI=1S/C5H2BrFN.3C4H9.Sn/c6-5-2-1-4(7)3-8-5;3*1-3-4-2;/h2-3H;3*1,3-4H2,2H3;. The van der Waals surface area contributed by atoms with Gasteiger partial charge in [0.2, 0.25) is 0 Å². The first-order valence-corrected chi connectivity index (χ1v) is 16.7. The minimum absolute atomic E-state index is 0.0442. The normalized spacial score (nSPS) is 11.9. The molecule has 0 N–H and O–H groups in total. The van der Waals surface area contributed by atoms with Crippen LogP contribution in [0.4, 0.5) is 4.39 Å². The third-order valence-corrected chi connectivity index (χ3v) is 20.4. The Hall–Kier alpha value is 0.359. The summed E-state index contributed by atoms with van der Waals surface area (Å²) in [6, 6.07) is 2.01. The molecule has 0 unspecified atom stereocenters. The van der Waals surface area contributed by atoms with E-state index in [-0.39, 0.29) is 5.82 Å². The quantitative estimate of drug-likeness (QED) is 0.304. The van der Waals surface area contributed by atoms with Gasteiger partial charge >= 0.3 is 143 Å². The number of nitrogens with zero attached hydrogens (tertiary/aromatic N) is 1. The average Bonchev–Trinajstić information content (AvgIpc) is 2.49. The monoisotopic (exact) mass is 465 g/mol. The number of rotatable bonds is 10. The first-order chi connectivity index (χ1) is 10.1. The first kappa shape index (κ1) is 19.4. The van der Waals surface area contributed by atoms with Gasteiger partial charge in [0.1, 0.15) is 0 Å². The molecule has 1 heterocycles. The van der Waals surface area contributed by atoms with Gasteiger partial charge in [0.15, 0.2) is 0 Å². The van der Waals surface area contributed by atoms with Crippen LogP contribution in [-0.4, -0.2) is 23.4 Å². The number of unbranched alkanes of at least 4 members (excludes halogenated alkanes) is 3. The number of hydrogen-bond donors (Lipinski definition) is 0. The van der Waals surface area contributed by atoms with Crippen molar-refractivity contribution < 1.29 is 4.39 Å². The summed E-state index contributed by atoms with van der Waals surface area (Å²) >= 11 is 0.803. The SMILES string of the molecule is CCC[CH2][Sn]([CH2]CCC)([CH2]CCC)[c]1cc(Br)ncc1F. The van der Waals surface area contributed by atoms with Gasteiger partial charge in [0.25, 0.3) is 0 Å². The van der Waals surface area contributed by atoms with Gasteiger partial charge in [0, 0.05) is 0 Å². The molecule has 1 aromatic rings. The Morgan fingerprint density at radius 1 is 1.00 bits per heavy atom. The van der Waals surface area contributed by atoms with Gasteiger partial charge in [-0.15, -0.1) is 0 Å². The van der Waals surface area contributed by atoms with E-state index in [4.69, 9.17) is 0 Å². The molecule has 1 rings (SSSR count). The summed E-state index contributed by atoms with van der Waals surface area (Å²) in [6.45, 7) is 6.74. The molecule has 0 saturated carbocycles. The molecular formula is C17H29BrFNSn. The summed E-state index contributed by atoms with van der Waals surface area (Å²) in [5.41, 5.74) is 0. The Balaban J connectivity index is 3.19. The van der Waals surface area contributed by atoms with E-state index in [1.807, 2.05) is 6.07 Å². The third-order valence-electron chi connectivity index (χ3n) is 4.42. The van der Waals surface area contributed by atoms with Crippen molar-refractivity contribution in [2.24, 2.45) is 0 Å². The Labute approximate surface area is 142 Å². The van der Waals surface area contributed by atoms with Crippen molar-refractivity contribution in [2.75, 3.05) is 0 Å². The molecule has 0 bridgehead atoms. The Morgan fingerprint density at radius 3 is 1.90 bits per heavy atom. The maximum atomic E-state index is 14.5. The van der Waals surface area contributed by atoms with Gasteiger partial charge in [-0.1, -0.05) is 0 Å². The van der Waals surface area contributed by atoms with Crippen molar-refractivity contribution in [3.63, 3.8) is 0 Å². The zero-order valence-corrected chi connectivity index (χ0v) is 18.2. The summed E-state index contributed by atoms with van der Waals surface area (Å²) in [5, 5.41) is 0. The number of hydrogen-bond acceptors (Lipinski definition) is 1. The zero-order chi connectivity index (χ0) is 15.7. The van der Waals surface area contributed by atoms with Crippen LogP contribution >= 0.6 is 15.9 Å². The van der Waals surface area contributed by atoms with Crippen LogP contribution in [0, 0.1) is 5.82 Å². The Kier molecular flexibility index (Phi) is 9.42. The van der Waals surface area contributed by atoms with Crippen molar-refractivity contribution in [3.05, 3.63) is 22.7 Å². The second-order valence-electron chi connectivity index (χ2n) is 6.08. The van der Waals surface area contributed by atoms with Gasteiger partial charge in [0.05, 0.1) is 0 Å². The fourth-order valence-electron chi connectivity index (χ4n) is 3.14. The third kappa shape index (κ3) is 5.81. The van der Waals surface area contributed by atoms with Crippen LogP contribution in [0.15, 0.2) is 16.9 Å². The number of halogens is 2. The van der Waals surface area contributed by atoms with Gasteiger partial charge in [-0.2, -0.15) is 0 Å². The number of pyridine rings is 1. The molecule has 1 nitrogen and oxygen atoms in total. The van der Waals surface area contributed by atoms with E-state index in [1.165, 1.54) is 58.0 Å². The maximum absolute atomic E-state index is 14.5. The second-order valence-corrected chi connectivity index (χ2v) is 20.0. The van der Waals surface area contributed by atoms with E-state index < -0.39 is 18.4 Å². The second kappa shape index (κ2) is 10.2. The summed E-state index contributed by atoms with van der Waals surface area (Å²) < 4.78 is 20.3. The van der Waals surface area contributed by atoms with Gasteiger partial charge in [-0.3, -0.25) is 0 Å². The predicted octanol–water partition coefficient (Wildman–Crippen LogP) is 6.04. The molecule has 4 heteroatoms. The first-order valence-electron chi connectivity index (χ1n) is 8.41. The summed E-state index contributed by atoms with van der Waals surface area (Å²) in [7, 11) is 0. The van der Waals surface area contributed by atoms with Gasteiger partial charge < -0.3 is 0 Å². The molecule has 0 spiro atoms. The van der Waals surface area contributed by atoms with E-state index in [2.05, 4.69) is 41.7 Å². The van der Waals surface area contributed by atoms with Crippen molar-refractivity contribution in [1.82, 2.24) is 4.98 Å². The topological polar surface area (TPSA) is 12.9 Å². The molecule has 0 aromatic carbocycles. The summed E-state index contributed by atoms with van der Waals surface area (Å²) in [4.78, 5) is 4.07. The average molecular weight is 465 g/mol. The zero-order valence-electron chi connectivity index (χ0n) is 13.7. The van der Waals surface area contributed by atoms with Gasteiger partial charge in [-0.25, -0.2) is 0 Å². The van der Waals surface area contributed by atoms with Crippen LogP contribution in [0.5, 0.6) is 0 Å². The molecule has 1 aromatic heterocycles. The van der Waals surface area contributed by atoms with Crippen LogP contribution in [0.25, 0.3) is 0 Å². The fourth-order valence-corrected chi connectivity index (χ4v) is 20.2. The minimum atomic E-state index is -2.65. The van der Waals surface area contributed by atoms with E-state index in [0.29, 0.717) is 0 Å². The molecule has 21 heavy (non-hydrogen) atoms. The van der Waals surface area contributed by atoms with E-state index in [0.717, 1.165) is 8.18 Å². The van der Waals surface area contributed by atoms with E-state index >= 15 is 0 Å². The molecule has 0 aliphatic rings. The predicted molar refractivity (Wildman–Crippen MR) is 96.4 cm³/mol. The Bertz CT molecular complexity index is 403. The van der Waals surface area contributed by atoms with Crippen LogP contribution in [-0.2, 0) is 0 Å². The van der Waals surface area contributed by atoms with Crippen molar-refractivity contribution >= 4 is 37.9 Å². The summed E-state index contributed by atoms with van der Waals surface area (Å²) in [6.07, 6.45) is 8.82. The molecule has 0 amide bonds. The molecular weight excluding hydrogens is 436 g/mol. The van der Waals surface area contributed by atoms with Crippen molar-refractivity contribution in [2.45, 2.75) is 72.6 Å². The number of aromatic nitrogens is 1. The fraction of sp³-hybridized carbons (Fsp3) is 0.706. The van der Waals surface area contributed by atoms with Crippen LogP contribution in [0.1, 0.15) is 59.3 Å². The van der Waals surface area contributed by atoms with Gasteiger partial charge in [-0.05, 0) is 0 Å². The molecule has 0 aliphatic carbocycles. The molecule has 120 valence electrons. The molecule has 0 fully saturated rings. The van der Waals surface area contributed by atoms with Crippen LogP contribution in [0.3, 0.4) is 0 Å². The summed E-state index contributed by atoms with van der Waals surface area (Å²) in [5.74, 6) is -0.0442. The Morgan fingerprint density at radius 2 is 1.48 bits per heavy atom. The van der Waals surface area contributed by atoms with Crippen LogP contribution < -0.4 is 3.58 Å². The van der Waals surface area contributed by atoms with Crippen molar-refractivity contribution in [1.29, 1.82) is 0 Å².